The number of hydrogen-bond donors (Lipinski definition) is 3. The minimum Gasteiger partial charge on any atom is -0.508 e. The Balaban J connectivity index is 2.73. The number of aromatic hydroxyl groups is 1. The molecule has 2 aromatic rings. The molecule has 0 saturated carbocycles. The number of rotatable bonds is 3. The van der Waals surface area contributed by atoms with Crippen LogP contribution in [-0.2, 0) is 10.2 Å². The van der Waals surface area contributed by atoms with Gasteiger partial charge in [0.05, 0.1) is 0 Å². The van der Waals surface area contributed by atoms with Crippen molar-refractivity contribution in [3.63, 3.8) is 0 Å². The van der Waals surface area contributed by atoms with Gasteiger partial charge in [-0.25, -0.2) is 0 Å². The van der Waals surface area contributed by atoms with Crippen molar-refractivity contribution < 1.29 is 15.0 Å². The molecule has 2 aromatic carbocycles. The van der Waals surface area contributed by atoms with E-state index < -0.39 is 11.4 Å². The zero-order chi connectivity index (χ0) is 14.0. The second-order valence-corrected chi connectivity index (χ2v) is 4.53. The van der Waals surface area contributed by atoms with Crippen molar-refractivity contribution in [1.82, 2.24) is 0 Å². The standard InChI is InChI=1S/C15H15NO3/c1-15(14(18)19,10-6-2-4-8-12(10)16)11-7-3-5-9-13(11)17/h2-9,17H,16H2,1H3,(H,18,19). The van der Waals surface area contributed by atoms with E-state index in [1.807, 2.05) is 0 Å². The number of nitrogen functional groups attached to an aromatic ring is 1. The van der Waals surface area contributed by atoms with E-state index >= 15 is 0 Å². The highest BCUT2D eigenvalue weighted by atomic mass is 16.4. The molecule has 19 heavy (non-hydrogen) atoms. The van der Waals surface area contributed by atoms with Crippen LogP contribution in [0.25, 0.3) is 0 Å². The molecule has 0 aliphatic rings. The molecule has 0 aliphatic carbocycles. The molecule has 0 saturated heterocycles. The van der Waals surface area contributed by atoms with Crippen LogP contribution in [-0.4, -0.2) is 16.2 Å². The monoisotopic (exact) mass is 257 g/mol. The third-order valence-electron chi connectivity index (χ3n) is 3.37. The summed E-state index contributed by atoms with van der Waals surface area (Å²) in [6.45, 7) is 1.54. The molecular formula is C15H15NO3. The van der Waals surface area contributed by atoms with E-state index in [1.165, 1.54) is 13.0 Å². The molecule has 1 unspecified atom stereocenters. The lowest BCUT2D eigenvalue weighted by Gasteiger charge is -2.27. The molecule has 0 aromatic heterocycles. The number of hydrogen-bond acceptors (Lipinski definition) is 3. The predicted molar refractivity (Wildman–Crippen MR) is 73.1 cm³/mol. The minimum absolute atomic E-state index is 0.0596. The summed E-state index contributed by atoms with van der Waals surface area (Å²) in [7, 11) is 0. The van der Waals surface area contributed by atoms with Gasteiger partial charge >= 0.3 is 5.97 Å². The molecule has 98 valence electrons. The number of carboxylic acid groups (broad SMARTS) is 1. The van der Waals surface area contributed by atoms with Crippen LogP contribution in [0, 0.1) is 0 Å². The quantitative estimate of drug-likeness (QED) is 0.737. The zero-order valence-electron chi connectivity index (χ0n) is 10.5. The maximum atomic E-state index is 11.8. The third-order valence-corrected chi connectivity index (χ3v) is 3.37. The maximum Gasteiger partial charge on any atom is 0.318 e. The Morgan fingerprint density at radius 3 is 2.11 bits per heavy atom. The molecule has 0 fully saturated rings. The summed E-state index contributed by atoms with van der Waals surface area (Å²) >= 11 is 0. The smallest absolute Gasteiger partial charge is 0.318 e. The largest absolute Gasteiger partial charge is 0.508 e. The fourth-order valence-corrected chi connectivity index (χ4v) is 2.22. The highest BCUT2D eigenvalue weighted by Gasteiger charge is 2.40. The Hall–Kier alpha value is -2.49. The highest BCUT2D eigenvalue weighted by molar-refractivity contribution is 5.88. The molecule has 0 aliphatic heterocycles. The number of para-hydroxylation sites is 2. The molecule has 1 atom stereocenters. The molecule has 0 amide bonds. The fourth-order valence-electron chi connectivity index (χ4n) is 2.22. The molecule has 4 heteroatoms. The number of nitrogens with two attached hydrogens (primary N) is 1. The number of phenols is 1. The Bertz CT molecular complexity index is 577. The highest BCUT2D eigenvalue weighted by Crippen LogP contribution is 2.39. The van der Waals surface area contributed by atoms with Crippen molar-refractivity contribution in [1.29, 1.82) is 0 Å². The van der Waals surface area contributed by atoms with E-state index in [2.05, 4.69) is 0 Å². The van der Waals surface area contributed by atoms with E-state index in [4.69, 9.17) is 5.73 Å². The van der Waals surface area contributed by atoms with Gasteiger partial charge in [-0.05, 0) is 24.6 Å². The van der Waals surface area contributed by atoms with Gasteiger partial charge < -0.3 is 15.9 Å². The molecule has 4 nitrogen and oxygen atoms in total. The molecule has 0 heterocycles. The van der Waals surface area contributed by atoms with Crippen LogP contribution >= 0.6 is 0 Å². The normalized spacial score (nSPS) is 13.7. The van der Waals surface area contributed by atoms with E-state index in [0.717, 1.165) is 0 Å². The minimum atomic E-state index is -1.39. The lowest BCUT2D eigenvalue weighted by atomic mass is 9.75. The van der Waals surface area contributed by atoms with Gasteiger partial charge in [0.25, 0.3) is 0 Å². The maximum absolute atomic E-state index is 11.8. The van der Waals surface area contributed by atoms with Crippen molar-refractivity contribution in [3.05, 3.63) is 59.7 Å². The van der Waals surface area contributed by atoms with Crippen molar-refractivity contribution >= 4 is 11.7 Å². The SMILES string of the molecule is CC(C(=O)O)(c1ccccc1N)c1ccccc1O. The summed E-state index contributed by atoms with van der Waals surface area (Å²) in [5.74, 6) is -1.12. The summed E-state index contributed by atoms with van der Waals surface area (Å²) in [6, 6.07) is 13.2. The van der Waals surface area contributed by atoms with Crippen LogP contribution in [0.3, 0.4) is 0 Å². The molecule has 4 N–H and O–H groups in total. The number of aliphatic carboxylic acids is 1. The third kappa shape index (κ3) is 2.01. The van der Waals surface area contributed by atoms with E-state index in [9.17, 15) is 15.0 Å². The van der Waals surface area contributed by atoms with Gasteiger partial charge in [0.2, 0.25) is 0 Å². The number of phenolic OH excluding ortho intramolecular Hbond substituents is 1. The summed E-state index contributed by atoms with van der Waals surface area (Å²) in [5, 5.41) is 19.6. The van der Waals surface area contributed by atoms with Crippen molar-refractivity contribution in [2.24, 2.45) is 0 Å². The number of carbonyl (C=O) groups is 1. The number of benzene rings is 2. The first-order valence-corrected chi connectivity index (χ1v) is 5.84. The first-order valence-electron chi connectivity index (χ1n) is 5.84. The summed E-state index contributed by atoms with van der Waals surface area (Å²) in [4.78, 5) is 11.8. The van der Waals surface area contributed by atoms with Crippen molar-refractivity contribution in [2.45, 2.75) is 12.3 Å². The van der Waals surface area contributed by atoms with Crippen molar-refractivity contribution in [3.8, 4) is 5.75 Å². The fraction of sp³-hybridized carbons (Fsp3) is 0.133. The lowest BCUT2D eigenvalue weighted by molar-refractivity contribution is -0.141. The van der Waals surface area contributed by atoms with Crippen LogP contribution in [0.1, 0.15) is 18.1 Å². The Morgan fingerprint density at radius 2 is 1.58 bits per heavy atom. The average molecular weight is 257 g/mol. The first-order chi connectivity index (χ1) is 8.98. The van der Waals surface area contributed by atoms with Crippen LogP contribution in [0.2, 0.25) is 0 Å². The van der Waals surface area contributed by atoms with Crippen LogP contribution in [0.4, 0.5) is 5.69 Å². The van der Waals surface area contributed by atoms with Crippen LogP contribution < -0.4 is 5.73 Å². The van der Waals surface area contributed by atoms with E-state index in [1.54, 1.807) is 42.5 Å². The summed E-state index contributed by atoms with van der Waals surface area (Å²) in [5.41, 5.74) is 5.66. The van der Waals surface area contributed by atoms with E-state index in [-0.39, 0.29) is 5.75 Å². The Labute approximate surface area is 111 Å². The predicted octanol–water partition coefficient (Wildman–Crippen LogP) is 2.37. The van der Waals surface area contributed by atoms with Crippen molar-refractivity contribution in [2.75, 3.05) is 5.73 Å². The second-order valence-electron chi connectivity index (χ2n) is 4.53. The molecular weight excluding hydrogens is 242 g/mol. The average Bonchev–Trinajstić information content (AvgIpc) is 2.38. The Morgan fingerprint density at radius 1 is 1.05 bits per heavy atom. The number of anilines is 1. The van der Waals surface area contributed by atoms with Gasteiger partial charge in [-0.1, -0.05) is 36.4 Å². The van der Waals surface area contributed by atoms with Crippen LogP contribution in [0.15, 0.2) is 48.5 Å². The van der Waals surface area contributed by atoms with Gasteiger partial charge in [-0.2, -0.15) is 0 Å². The summed E-state index contributed by atoms with van der Waals surface area (Å²) < 4.78 is 0. The zero-order valence-corrected chi connectivity index (χ0v) is 10.5. The van der Waals surface area contributed by atoms with E-state index in [0.29, 0.717) is 16.8 Å². The second kappa shape index (κ2) is 4.65. The first kappa shape index (κ1) is 13.0. The Kier molecular flexibility index (Phi) is 3.17. The number of carboxylic acids is 1. The topological polar surface area (TPSA) is 83.5 Å². The van der Waals surface area contributed by atoms with Gasteiger partial charge in [0.1, 0.15) is 11.2 Å². The molecule has 0 spiro atoms. The van der Waals surface area contributed by atoms with Crippen LogP contribution in [0.5, 0.6) is 5.75 Å². The summed E-state index contributed by atoms with van der Waals surface area (Å²) in [6.07, 6.45) is 0. The molecule has 0 radical (unpaired) electrons. The van der Waals surface area contributed by atoms with Gasteiger partial charge in [0, 0.05) is 11.3 Å². The lowest BCUT2D eigenvalue weighted by Crippen LogP contribution is -2.34. The molecule has 2 rings (SSSR count). The van der Waals surface area contributed by atoms with Gasteiger partial charge in [0.15, 0.2) is 0 Å². The molecule has 0 bridgehead atoms. The van der Waals surface area contributed by atoms with Gasteiger partial charge in [-0.15, -0.1) is 0 Å². The van der Waals surface area contributed by atoms with Gasteiger partial charge in [-0.3, -0.25) is 4.79 Å².